The van der Waals surface area contributed by atoms with Crippen LogP contribution in [0.2, 0.25) is 0 Å². The third kappa shape index (κ3) is 2.82. The highest BCUT2D eigenvalue weighted by Crippen LogP contribution is 2.12. The van der Waals surface area contributed by atoms with Crippen molar-refractivity contribution >= 4 is 0 Å². The third-order valence-corrected chi connectivity index (χ3v) is 3.30. The molecular formula is C13H20N2O. The molecule has 0 spiro atoms. The molecule has 2 rings (SSSR count). The normalized spacial score (nSPS) is 20.6. The molecule has 1 atom stereocenters. The van der Waals surface area contributed by atoms with E-state index in [9.17, 15) is 0 Å². The first kappa shape index (κ1) is 11.6. The molecule has 2 N–H and O–H groups in total. The van der Waals surface area contributed by atoms with Crippen LogP contribution in [0.15, 0.2) is 24.3 Å². The fourth-order valence-electron chi connectivity index (χ4n) is 2.18. The molecular weight excluding hydrogens is 200 g/mol. The van der Waals surface area contributed by atoms with Crippen molar-refractivity contribution in [1.29, 1.82) is 0 Å². The van der Waals surface area contributed by atoms with E-state index in [2.05, 4.69) is 29.4 Å². The Balaban J connectivity index is 1.92. The van der Waals surface area contributed by atoms with Crippen LogP contribution in [0.4, 0.5) is 0 Å². The summed E-state index contributed by atoms with van der Waals surface area (Å²) >= 11 is 0. The quantitative estimate of drug-likeness (QED) is 0.794. The molecule has 0 aliphatic carbocycles. The van der Waals surface area contributed by atoms with Gasteiger partial charge < -0.3 is 10.4 Å². The minimum Gasteiger partial charge on any atom is -0.392 e. The van der Waals surface area contributed by atoms with Gasteiger partial charge in [-0.25, -0.2) is 0 Å². The Kier molecular flexibility index (Phi) is 3.93. The summed E-state index contributed by atoms with van der Waals surface area (Å²) < 4.78 is 0. The molecule has 0 aromatic heterocycles. The van der Waals surface area contributed by atoms with Crippen LogP contribution < -0.4 is 5.32 Å². The van der Waals surface area contributed by atoms with Gasteiger partial charge in [-0.3, -0.25) is 4.90 Å². The summed E-state index contributed by atoms with van der Waals surface area (Å²) in [6.07, 6.45) is 1.24. The van der Waals surface area contributed by atoms with Crippen LogP contribution in [0.5, 0.6) is 0 Å². The van der Waals surface area contributed by atoms with Gasteiger partial charge in [0.05, 0.1) is 6.61 Å². The van der Waals surface area contributed by atoms with Gasteiger partial charge in [-0.1, -0.05) is 24.3 Å². The van der Waals surface area contributed by atoms with E-state index in [0.29, 0.717) is 6.04 Å². The van der Waals surface area contributed by atoms with Crippen molar-refractivity contribution < 1.29 is 5.11 Å². The van der Waals surface area contributed by atoms with Crippen molar-refractivity contribution in [2.75, 3.05) is 20.1 Å². The molecule has 3 heteroatoms. The maximum absolute atomic E-state index is 8.96. The lowest BCUT2D eigenvalue weighted by Crippen LogP contribution is -2.32. The molecule has 16 heavy (non-hydrogen) atoms. The lowest BCUT2D eigenvalue weighted by Gasteiger charge is -2.23. The summed E-state index contributed by atoms with van der Waals surface area (Å²) in [5, 5.41) is 12.3. The maximum atomic E-state index is 8.96. The lowest BCUT2D eigenvalue weighted by atomic mass is 10.1. The first-order valence-electron chi connectivity index (χ1n) is 5.89. The number of aliphatic hydroxyl groups is 1. The first-order valence-corrected chi connectivity index (χ1v) is 5.89. The van der Waals surface area contributed by atoms with Crippen LogP contribution in [0.3, 0.4) is 0 Å². The summed E-state index contributed by atoms with van der Waals surface area (Å²) in [5.74, 6) is 0. The fourth-order valence-corrected chi connectivity index (χ4v) is 2.18. The van der Waals surface area contributed by atoms with E-state index in [1.807, 2.05) is 12.1 Å². The second-order valence-electron chi connectivity index (χ2n) is 4.54. The Morgan fingerprint density at radius 3 is 2.56 bits per heavy atom. The topological polar surface area (TPSA) is 35.5 Å². The van der Waals surface area contributed by atoms with Gasteiger partial charge in [0.2, 0.25) is 0 Å². The fraction of sp³-hybridized carbons (Fsp3) is 0.538. The van der Waals surface area contributed by atoms with E-state index < -0.39 is 0 Å². The Labute approximate surface area is 97.1 Å². The number of nitrogens with zero attached hydrogens (tertiary/aromatic N) is 1. The van der Waals surface area contributed by atoms with Gasteiger partial charge in [-0.2, -0.15) is 0 Å². The van der Waals surface area contributed by atoms with Crippen LogP contribution in [0.1, 0.15) is 17.5 Å². The Morgan fingerprint density at radius 1 is 1.31 bits per heavy atom. The first-order chi connectivity index (χ1) is 7.79. The van der Waals surface area contributed by atoms with Crippen LogP contribution in [0.25, 0.3) is 0 Å². The molecule has 1 aromatic carbocycles. The van der Waals surface area contributed by atoms with E-state index in [1.54, 1.807) is 0 Å². The summed E-state index contributed by atoms with van der Waals surface area (Å²) in [5.41, 5.74) is 2.29. The zero-order chi connectivity index (χ0) is 11.4. The number of rotatable bonds is 4. The van der Waals surface area contributed by atoms with E-state index in [0.717, 1.165) is 25.2 Å². The highest BCUT2D eigenvalue weighted by Gasteiger charge is 2.18. The summed E-state index contributed by atoms with van der Waals surface area (Å²) in [4.78, 5) is 2.40. The standard InChI is InChI=1S/C13H20N2O/c1-15(13-6-7-14-8-13)9-11-2-4-12(10-16)5-3-11/h2-5,13-14,16H,6-10H2,1H3. The predicted molar refractivity (Wildman–Crippen MR) is 65.1 cm³/mol. The Morgan fingerprint density at radius 2 is 2.00 bits per heavy atom. The van der Waals surface area contributed by atoms with Gasteiger partial charge in [0.1, 0.15) is 0 Å². The minimum atomic E-state index is 0.128. The molecule has 1 heterocycles. The number of likely N-dealkylation sites (N-methyl/N-ethyl adjacent to an activating group) is 1. The van der Waals surface area contributed by atoms with Gasteiger partial charge in [-0.15, -0.1) is 0 Å². The number of hydrogen-bond donors (Lipinski definition) is 2. The number of nitrogens with one attached hydrogen (secondary N) is 1. The monoisotopic (exact) mass is 220 g/mol. The molecule has 88 valence electrons. The van der Waals surface area contributed by atoms with Crippen molar-refractivity contribution in [2.45, 2.75) is 25.6 Å². The molecule has 1 saturated heterocycles. The molecule has 1 aromatic rings. The molecule has 0 bridgehead atoms. The van der Waals surface area contributed by atoms with E-state index in [4.69, 9.17) is 5.11 Å². The molecule has 0 amide bonds. The molecule has 0 radical (unpaired) electrons. The molecule has 1 fully saturated rings. The Bertz CT molecular complexity index is 317. The minimum absolute atomic E-state index is 0.128. The third-order valence-electron chi connectivity index (χ3n) is 3.30. The molecule has 1 aliphatic heterocycles. The molecule has 1 unspecified atom stereocenters. The van der Waals surface area contributed by atoms with E-state index in [1.165, 1.54) is 12.0 Å². The van der Waals surface area contributed by atoms with Crippen molar-refractivity contribution in [3.63, 3.8) is 0 Å². The van der Waals surface area contributed by atoms with Gasteiger partial charge in [-0.05, 0) is 31.1 Å². The Hall–Kier alpha value is -0.900. The van der Waals surface area contributed by atoms with Crippen molar-refractivity contribution in [2.24, 2.45) is 0 Å². The van der Waals surface area contributed by atoms with Crippen LogP contribution in [0, 0.1) is 0 Å². The van der Waals surface area contributed by atoms with Crippen molar-refractivity contribution in [3.05, 3.63) is 35.4 Å². The molecule has 1 aliphatic rings. The highest BCUT2D eigenvalue weighted by molar-refractivity contribution is 5.21. The number of benzene rings is 1. The second kappa shape index (κ2) is 5.43. The smallest absolute Gasteiger partial charge is 0.0681 e. The highest BCUT2D eigenvalue weighted by atomic mass is 16.3. The number of hydrogen-bond acceptors (Lipinski definition) is 3. The average molecular weight is 220 g/mol. The van der Waals surface area contributed by atoms with Crippen molar-refractivity contribution in [3.8, 4) is 0 Å². The molecule has 0 saturated carbocycles. The van der Waals surface area contributed by atoms with Crippen LogP contribution in [-0.4, -0.2) is 36.2 Å². The summed E-state index contributed by atoms with van der Waals surface area (Å²) in [6.45, 7) is 3.35. The van der Waals surface area contributed by atoms with Gasteiger partial charge in [0.15, 0.2) is 0 Å². The zero-order valence-corrected chi connectivity index (χ0v) is 9.82. The number of aliphatic hydroxyl groups excluding tert-OH is 1. The van der Waals surface area contributed by atoms with Crippen LogP contribution in [-0.2, 0) is 13.2 Å². The second-order valence-corrected chi connectivity index (χ2v) is 4.54. The van der Waals surface area contributed by atoms with Crippen LogP contribution >= 0.6 is 0 Å². The zero-order valence-electron chi connectivity index (χ0n) is 9.82. The average Bonchev–Trinajstić information content (AvgIpc) is 2.83. The predicted octanol–water partition coefficient (Wildman–Crippen LogP) is 0.973. The van der Waals surface area contributed by atoms with Gasteiger partial charge in [0.25, 0.3) is 0 Å². The maximum Gasteiger partial charge on any atom is 0.0681 e. The van der Waals surface area contributed by atoms with E-state index in [-0.39, 0.29) is 6.61 Å². The lowest BCUT2D eigenvalue weighted by molar-refractivity contribution is 0.248. The van der Waals surface area contributed by atoms with Gasteiger partial charge in [0, 0.05) is 19.1 Å². The van der Waals surface area contributed by atoms with Gasteiger partial charge >= 0.3 is 0 Å². The largest absolute Gasteiger partial charge is 0.392 e. The van der Waals surface area contributed by atoms with E-state index >= 15 is 0 Å². The molecule has 3 nitrogen and oxygen atoms in total. The summed E-state index contributed by atoms with van der Waals surface area (Å²) in [6, 6.07) is 8.86. The van der Waals surface area contributed by atoms with Crippen molar-refractivity contribution in [1.82, 2.24) is 10.2 Å². The SMILES string of the molecule is CN(Cc1ccc(CO)cc1)C1CCNC1. The summed E-state index contributed by atoms with van der Waals surface area (Å²) in [7, 11) is 2.18.